The molecule has 1 aromatic carbocycles. The van der Waals surface area contributed by atoms with E-state index in [0.29, 0.717) is 16.0 Å². The van der Waals surface area contributed by atoms with Gasteiger partial charge in [0.2, 0.25) is 0 Å². The number of nitrogens with zero attached hydrogens (tertiary/aromatic N) is 4. The molecule has 28 heavy (non-hydrogen) atoms. The van der Waals surface area contributed by atoms with Crippen molar-refractivity contribution in [1.29, 1.82) is 0 Å². The number of anilines is 1. The molecule has 1 N–H and O–H groups in total. The zero-order valence-corrected chi connectivity index (χ0v) is 17.2. The Morgan fingerprint density at radius 2 is 2.14 bits per heavy atom. The van der Waals surface area contributed by atoms with Gasteiger partial charge in [0.1, 0.15) is 0 Å². The van der Waals surface area contributed by atoms with E-state index in [1.165, 1.54) is 0 Å². The van der Waals surface area contributed by atoms with Crippen LogP contribution in [0.15, 0.2) is 36.5 Å². The Kier molecular flexibility index (Phi) is 5.60. The topological polar surface area (TPSA) is 61.4 Å². The number of amides is 2. The molecule has 8 heteroatoms. The number of halogens is 2. The van der Waals surface area contributed by atoms with Gasteiger partial charge in [-0.05, 0) is 49.1 Å². The number of benzene rings is 1. The van der Waals surface area contributed by atoms with Gasteiger partial charge in [0.05, 0.1) is 16.1 Å². The minimum atomic E-state index is -0.0291. The standard InChI is InChI=1S/C20H23Cl2N5O/c1-26(14-4-3-9-27(12-14)19-5-2-8-23-25-19)20(28)24-18-11-15(18)13-6-7-16(21)17(22)10-13/h2,5-8,10,14-15,18H,3-4,9,11-12H2,1H3,(H,24,28)/t14-,15-,18+/m1/s1. The molecule has 2 aliphatic rings. The van der Waals surface area contributed by atoms with Crippen LogP contribution in [0.2, 0.25) is 10.0 Å². The number of piperidine rings is 1. The van der Waals surface area contributed by atoms with E-state index in [1.807, 2.05) is 42.3 Å². The number of carbonyl (C=O) groups is 1. The van der Waals surface area contributed by atoms with E-state index in [4.69, 9.17) is 23.2 Å². The highest BCUT2D eigenvalue weighted by molar-refractivity contribution is 6.42. The van der Waals surface area contributed by atoms with Gasteiger partial charge in [-0.1, -0.05) is 29.3 Å². The number of carbonyl (C=O) groups excluding carboxylic acids is 1. The summed E-state index contributed by atoms with van der Waals surface area (Å²) in [5.41, 5.74) is 1.12. The lowest BCUT2D eigenvalue weighted by atomic mass is 10.0. The van der Waals surface area contributed by atoms with E-state index in [0.717, 1.165) is 43.7 Å². The first-order valence-corrected chi connectivity index (χ1v) is 10.3. The maximum Gasteiger partial charge on any atom is 0.317 e. The molecule has 1 aliphatic carbocycles. The Bertz CT molecular complexity index is 850. The number of aromatic nitrogens is 2. The Balaban J connectivity index is 1.33. The fraction of sp³-hybridized carbons (Fsp3) is 0.450. The first-order valence-electron chi connectivity index (χ1n) is 9.54. The second-order valence-electron chi connectivity index (χ2n) is 7.51. The minimum Gasteiger partial charge on any atom is -0.353 e. The number of hydrogen-bond acceptors (Lipinski definition) is 4. The van der Waals surface area contributed by atoms with Crippen LogP contribution in [0.25, 0.3) is 0 Å². The zero-order chi connectivity index (χ0) is 19.7. The van der Waals surface area contributed by atoms with Crippen LogP contribution >= 0.6 is 23.2 Å². The highest BCUT2D eigenvalue weighted by atomic mass is 35.5. The van der Waals surface area contributed by atoms with Crippen molar-refractivity contribution in [1.82, 2.24) is 20.4 Å². The smallest absolute Gasteiger partial charge is 0.317 e. The predicted molar refractivity (Wildman–Crippen MR) is 111 cm³/mol. The molecule has 6 nitrogen and oxygen atoms in total. The Morgan fingerprint density at radius 3 is 2.89 bits per heavy atom. The molecule has 148 valence electrons. The molecular weight excluding hydrogens is 397 g/mol. The molecule has 2 aromatic rings. The summed E-state index contributed by atoms with van der Waals surface area (Å²) < 4.78 is 0. The molecule has 1 saturated carbocycles. The van der Waals surface area contributed by atoms with E-state index >= 15 is 0 Å². The van der Waals surface area contributed by atoms with Gasteiger partial charge in [0.15, 0.2) is 5.82 Å². The predicted octanol–water partition coefficient (Wildman–Crippen LogP) is 3.95. The third-order valence-corrected chi connectivity index (χ3v) is 6.36. The fourth-order valence-electron chi connectivity index (χ4n) is 3.83. The summed E-state index contributed by atoms with van der Waals surface area (Å²) in [5, 5.41) is 12.4. The van der Waals surface area contributed by atoms with Gasteiger partial charge in [-0.15, -0.1) is 5.10 Å². The number of hydrogen-bond donors (Lipinski definition) is 1. The molecule has 2 heterocycles. The van der Waals surface area contributed by atoms with E-state index in [9.17, 15) is 4.79 Å². The Hall–Kier alpha value is -2.05. The largest absolute Gasteiger partial charge is 0.353 e. The normalized spacial score (nSPS) is 24.0. The third kappa shape index (κ3) is 4.18. The van der Waals surface area contributed by atoms with Gasteiger partial charge >= 0.3 is 6.03 Å². The van der Waals surface area contributed by atoms with Crippen molar-refractivity contribution in [3.05, 3.63) is 52.1 Å². The maximum atomic E-state index is 12.8. The van der Waals surface area contributed by atoms with Crippen molar-refractivity contribution in [2.45, 2.75) is 37.3 Å². The van der Waals surface area contributed by atoms with Crippen LogP contribution in [-0.2, 0) is 0 Å². The molecule has 4 rings (SSSR count). The lowest BCUT2D eigenvalue weighted by Crippen LogP contribution is -2.52. The quantitative estimate of drug-likeness (QED) is 0.814. The van der Waals surface area contributed by atoms with Gasteiger partial charge in [-0.2, -0.15) is 5.10 Å². The van der Waals surface area contributed by atoms with Crippen molar-refractivity contribution in [3.63, 3.8) is 0 Å². The number of urea groups is 1. The molecule has 1 saturated heterocycles. The molecule has 0 bridgehead atoms. The van der Waals surface area contributed by atoms with Gasteiger partial charge in [-0.25, -0.2) is 4.79 Å². The lowest BCUT2D eigenvalue weighted by Gasteiger charge is -2.38. The number of nitrogens with one attached hydrogen (secondary N) is 1. The average molecular weight is 420 g/mol. The average Bonchev–Trinajstić information content (AvgIpc) is 3.49. The van der Waals surface area contributed by atoms with Gasteiger partial charge in [-0.3, -0.25) is 0 Å². The van der Waals surface area contributed by atoms with Crippen LogP contribution in [0, 0.1) is 0 Å². The SMILES string of the molecule is CN(C(=O)N[C@H]1C[C@@H]1c1ccc(Cl)c(Cl)c1)[C@@H]1CCCN(c2cccnn2)C1. The van der Waals surface area contributed by atoms with Crippen LogP contribution in [0.3, 0.4) is 0 Å². The second kappa shape index (κ2) is 8.13. The summed E-state index contributed by atoms with van der Waals surface area (Å²) in [6, 6.07) is 9.80. The highest BCUT2D eigenvalue weighted by Gasteiger charge is 2.41. The lowest BCUT2D eigenvalue weighted by molar-refractivity contribution is 0.182. The molecular formula is C20H23Cl2N5O. The molecule has 2 amide bonds. The summed E-state index contributed by atoms with van der Waals surface area (Å²) >= 11 is 12.1. The molecule has 0 spiro atoms. The fourth-order valence-corrected chi connectivity index (χ4v) is 4.14. The van der Waals surface area contributed by atoms with Crippen molar-refractivity contribution in [3.8, 4) is 0 Å². The van der Waals surface area contributed by atoms with Crippen LogP contribution in [-0.4, -0.2) is 53.3 Å². The summed E-state index contributed by atoms with van der Waals surface area (Å²) in [4.78, 5) is 16.8. The minimum absolute atomic E-state index is 0.0291. The monoisotopic (exact) mass is 419 g/mol. The molecule has 0 radical (unpaired) electrons. The van der Waals surface area contributed by atoms with Crippen molar-refractivity contribution in [2.75, 3.05) is 25.0 Å². The van der Waals surface area contributed by atoms with Gasteiger partial charge < -0.3 is 15.1 Å². The Morgan fingerprint density at radius 1 is 1.29 bits per heavy atom. The summed E-state index contributed by atoms with van der Waals surface area (Å²) in [6.07, 6.45) is 4.61. The summed E-state index contributed by atoms with van der Waals surface area (Å²) in [5.74, 6) is 1.16. The third-order valence-electron chi connectivity index (χ3n) is 5.62. The number of rotatable bonds is 4. The van der Waals surface area contributed by atoms with Crippen LogP contribution in [0.4, 0.5) is 10.6 Å². The number of likely N-dealkylation sites (N-methyl/N-ethyl adjacent to an activating group) is 1. The van der Waals surface area contributed by atoms with E-state index < -0.39 is 0 Å². The second-order valence-corrected chi connectivity index (χ2v) is 8.32. The highest BCUT2D eigenvalue weighted by Crippen LogP contribution is 2.42. The molecule has 2 fully saturated rings. The zero-order valence-electron chi connectivity index (χ0n) is 15.7. The van der Waals surface area contributed by atoms with Gasteiger partial charge in [0, 0.05) is 38.3 Å². The van der Waals surface area contributed by atoms with Gasteiger partial charge in [0.25, 0.3) is 0 Å². The van der Waals surface area contributed by atoms with Crippen molar-refractivity contribution < 1.29 is 4.79 Å². The molecule has 1 aliphatic heterocycles. The van der Waals surface area contributed by atoms with Crippen LogP contribution < -0.4 is 10.2 Å². The maximum absolute atomic E-state index is 12.8. The first kappa shape index (κ1) is 19.3. The van der Waals surface area contributed by atoms with E-state index in [2.05, 4.69) is 20.4 Å². The Labute approximate surface area is 174 Å². The van der Waals surface area contributed by atoms with E-state index in [-0.39, 0.29) is 18.1 Å². The van der Waals surface area contributed by atoms with E-state index in [1.54, 1.807) is 6.20 Å². The van der Waals surface area contributed by atoms with Crippen molar-refractivity contribution >= 4 is 35.1 Å². The summed E-state index contributed by atoms with van der Waals surface area (Å²) in [7, 11) is 1.87. The van der Waals surface area contributed by atoms with Crippen molar-refractivity contribution in [2.24, 2.45) is 0 Å². The molecule has 1 aromatic heterocycles. The molecule has 0 unspecified atom stereocenters. The first-order chi connectivity index (χ1) is 13.5. The summed E-state index contributed by atoms with van der Waals surface area (Å²) in [6.45, 7) is 1.70. The van der Waals surface area contributed by atoms with Crippen LogP contribution in [0.5, 0.6) is 0 Å². The van der Waals surface area contributed by atoms with Crippen LogP contribution in [0.1, 0.15) is 30.7 Å². The molecule has 3 atom stereocenters.